The average molecular weight is 423 g/mol. The highest BCUT2D eigenvalue weighted by atomic mass is 32.2. The fourth-order valence-electron chi connectivity index (χ4n) is 4.49. The molecule has 7 heteroatoms. The van der Waals surface area contributed by atoms with Gasteiger partial charge in [-0.1, -0.05) is 37.5 Å². The fraction of sp³-hybridized carbons (Fsp3) is 0.391. The lowest BCUT2D eigenvalue weighted by Gasteiger charge is -2.32. The normalized spacial score (nSPS) is 17.5. The van der Waals surface area contributed by atoms with Gasteiger partial charge in [-0.25, -0.2) is 22.7 Å². The fourth-order valence-corrected chi connectivity index (χ4v) is 5.93. The van der Waals surface area contributed by atoms with Gasteiger partial charge in [0.2, 0.25) is 0 Å². The highest BCUT2D eigenvalue weighted by Gasteiger charge is 2.40. The number of benzene rings is 2. The smallest absolute Gasteiger partial charge is 0.267 e. The average Bonchev–Trinajstić information content (AvgIpc) is 3.14. The summed E-state index contributed by atoms with van der Waals surface area (Å²) in [6.45, 7) is 4.19. The predicted molar refractivity (Wildman–Crippen MR) is 119 cm³/mol. The summed E-state index contributed by atoms with van der Waals surface area (Å²) in [6.07, 6.45) is 5.70. The highest BCUT2D eigenvalue weighted by molar-refractivity contribution is 7.92. The van der Waals surface area contributed by atoms with E-state index in [9.17, 15) is 8.42 Å². The Bertz CT molecular complexity index is 1220. The van der Waals surface area contributed by atoms with E-state index < -0.39 is 10.0 Å². The molecule has 2 aromatic carbocycles. The molecule has 0 bridgehead atoms. The van der Waals surface area contributed by atoms with E-state index in [2.05, 4.69) is 4.90 Å². The Morgan fingerprint density at radius 1 is 0.867 bits per heavy atom. The molecule has 1 aliphatic heterocycles. The molecule has 3 aromatic rings. The number of hydrogen-bond acceptors (Lipinski definition) is 5. The third-order valence-electron chi connectivity index (χ3n) is 6.41. The number of aromatic nitrogens is 2. The van der Waals surface area contributed by atoms with Gasteiger partial charge in [-0.05, 0) is 62.1 Å². The summed E-state index contributed by atoms with van der Waals surface area (Å²) in [5, 5.41) is 0. The topological polar surface area (TPSA) is 66.4 Å². The summed E-state index contributed by atoms with van der Waals surface area (Å²) in [7, 11) is -3.74. The third kappa shape index (κ3) is 3.12. The van der Waals surface area contributed by atoms with Crippen LogP contribution in [-0.2, 0) is 10.0 Å². The number of rotatable bonds is 3. The second kappa shape index (κ2) is 7.23. The van der Waals surface area contributed by atoms with Crippen molar-refractivity contribution in [1.29, 1.82) is 0 Å². The summed E-state index contributed by atoms with van der Waals surface area (Å²) in [4.78, 5) is 12.1. The molecule has 0 atom stereocenters. The van der Waals surface area contributed by atoms with E-state index in [0.717, 1.165) is 29.5 Å². The summed E-state index contributed by atoms with van der Waals surface area (Å²) < 4.78 is 28.8. The van der Waals surface area contributed by atoms with Gasteiger partial charge >= 0.3 is 0 Å². The van der Waals surface area contributed by atoms with Gasteiger partial charge in [0.1, 0.15) is 6.67 Å². The molecule has 0 unspecified atom stereocenters. The quantitative estimate of drug-likeness (QED) is 0.619. The molecule has 156 valence electrons. The summed E-state index contributed by atoms with van der Waals surface area (Å²) in [5.41, 5.74) is 3.54. The Kier molecular flexibility index (Phi) is 4.65. The minimum absolute atomic E-state index is 0.269. The maximum absolute atomic E-state index is 13.7. The zero-order chi connectivity index (χ0) is 20.9. The van der Waals surface area contributed by atoms with Gasteiger partial charge in [-0.15, -0.1) is 0 Å². The van der Waals surface area contributed by atoms with Crippen molar-refractivity contribution < 1.29 is 8.42 Å². The van der Waals surface area contributed by atoms with E-state index in [-0.39, 0.29) is 6.67 Å². The maximum Gasteiger partial charge on any atom is 0.267 e. The lowest BCUT2D eigenvalue weighted by Crippen LogP contribution is -2.42. The highest BCUT2D eigenvalue weighted by Crippen LogP contribution is 2.41. The number of anilines is 2. The molecule has 6 nitrogen and oxygen atoms in total. The number of hydrogen-bond donors (Lipinski definition) is 0. The van der Waals surface area contributed by atoms with Crippen molar-refractivity contribution in [3.05, 3.63) is 53.6 Å². The molecule has 2 heterocycles. The van der Waals surface area contributed by atoms with Crippen molar-refractivity contribution in [2.75, 3.05) is 15.9 Å². The Labute approximate surface area is 177 Å². The Morgan fingerprint density at radius 2 is 1.53 bits per heavy atom. The van der Waals surface area contributed by atoms with Crippen molar-refractivity contribution in [1.82, 2.24) is 9.97 Å². The van der Waals surface area contributed by atoms with Gasteiger partial charge in [0, 0.05) is 6.04 Å². The zero-order valence-electron chi connectivity index (χ0n) is 17.4. The van der Waals surface area contributed by atoms with Crippen molar-refractivity contribution in [2.45, 2.75) is 56.9 Å². The van der Waals surface area contributed by atoms with Crippen LogP contribution in [0, 0.1) is 13.8 Å². The first-order valence-corrected chi connectivity index (χ1v) is 12.0. The van der Waals surface area contributed by atoms with Gasteiger partial charge in [0.25, 0.3) is 10.0 Å². The van der Waals surface area contributed by atoms with Gasteiger partial charge in [-0.2, -0.15) is 0 Å². The summed E-state index contributed by atoms with van der Waals surface area (Å²) in [5.74, 6) is 1.13. The Balaban J connectivity index is 1.64. The number of para-hydroxylation sites is 2. The van der Waals surface area contributed by atoms with Gasteiger partial charge < -0.3 is 4.90 Å². The van der Waals surface area contributed by atoms with Crippen LogP contribution in [0.5, 0.6) is 0 Å². The second-order valence-corrected chi connectivity index (χ2v) is 10.2. The third-order valence-corrected chi connectivity index (χ3v) is 8.12. The first-order chi connectivity index (χ1) is 14.4. The molecule has 1 aromatic heterocycles. The van der Waals surface area contributed by atoms with E-state index in [4.69, 9.17) is 9.97 Å². The van der Waals surface area contributed by atoms with Crippen LogP contribution in [0.4, 0.5) is 11.6 Å². The van der Waals surface area contributed by atoms with Crippen LogP contribution >= 0.6 is 0 Å². The van der Waals surface area contributed by atoms with Crippen LogP contribution in [0.2, 0.25) is 0 Å². The molecular weight excluding hydrogens is 396 g/mol. The van der Waals surface area contributed by atoms with E-state index in [1.54, 1.807) is 12.1 Å². The number of nitrogens with zero attached hydrogens (tertiary/aromatic N) is 4. The SMILES string of the molecule is Cc1ccc(S(=O)(=O)N2CN(C3CCCCC3)c3nc4ccccc4nc32)cc1C. The lowest BCUT2D eigenvalue weighted by atomic mass is 9.94. The summed E-state index contributed by atoms with van der Waals surface area (Å²) in [6, 6.07) is 13.3. The molecule has 0 spiro atoms. The molecule has 0 saturated heterocycles. The van der Waals surface area contributed by atoms with E-state index in [0.29, 0.717) is 28.1 Å². The standard InChI is InChI=1S/C23H26N4O2S/c1-16-12-13-19(14-17(16)2)30(28,29)27-15-26(18-8-4-3-5-9-18)22-23(27)25-21-11-7-6-10-20(21)24-22/h6-7,10-14,18H,3-5,8-9,15H2,1-2H3. The van der Waals surface area contributed by atoms with Gasteiger partial charge in [0.05, 0.1) is 15.9 Å². The molecule has 1 fully saturated rings. The molecule has 2 aliphatic rings. The minimum Gasteiger partial charge on any atom is -0.332 e. The number of fused-ring (bicyclic) bond motifs is 2. The first kappa shape index (κ1) is 19.3. The number of aryl methyl sites for hydroxylation is 2. The lowest BCUT2D eigenvalue weighted by molar-refractivity contribution is 0.419. The van der Waals surface area contributed by atoms with Crippen LogP contribution in [0.15, 0.2) is 47.4 Å². The molecule has 1 saturated carbocycles. The van der Waals surface area contributed by atoms with Crippen LogP contribution < -0.4 is 9.21 Å². The van der Waals surface area contributed by atoms with E-state index in [1.165, 1.54) is 23.6 Å². The van der Waals surface area contributed by atoms with Crippen molar-refractivity contribution in [3.63, 3.8) is 0 Å². The molecule has 0 amide bonds. The van der Waals surface area contributed by atoms with Crippen molar-refractivity contribution in [2.24, 2.45) is 0 Å². The largest absolute Gasteiger partial charge is 0.332 e. The molecule has 0 radical (unpaired) electrons. The Morgan fingerprint density at radius 3 is 2.20 bits per heavy atom. The molecule has 30 heavy (non-hydrogen) atoms. The zero-order valence-corrected chi connectivity index (χ0v) is 18.2. The van der Waals surface area contributed by atoms with Gasteiger partial charge in [0.15, 0.2) is 11.6 Å². The van der Waals surface area contributed by atoms with Crippen LogP contribution in [0.25, 0.3) is 11.0 Å². The molecular formula is C23H26N4O2S. The Hall–Kier alpha value is -2.67. The molecule has 1 aliphatic carbocycles. The van der Waals surface area contributed by atoms with E-state index >= 15 is 0 Å². The maximum atomic E-state index is 13.7. The monoisotopic (exact) mass is 422 g/mol. The predicted octanol–water partition coefficient (Wildman–Crippen LogP) is 4.55. The minimum atomic E-state index is -3.74. The van der Waals surface area contributed by atoms with Crippen molar-refractivity contribution >= 4 is 32.7 Å². The second-order valence-electron chi connectivity index (χ2n) is 8.36. The summed E-state index contributed by atoms with van der Waals surface area (Å²) >= 11 is 0. The van der Waals surface area contributed by atoms with E-state index in [1.807, 2.05) is 44.2 Å². The number of sulfonamides is 1. The molecule has 5 rings (SSSR count). The van der Waals surface area contributed by atoms with Crippen LogP contribution in [0.1, 0.15) is 43.2 Å². The van der Waals surface area contributed by atoms with Gasteiger partial charge in [-0.3, -0.25) is 0 Å². The van der Waals surface area contributed by atoms with Crippen molar-refractivity contribution in [3.8, 4) is 0 Å². The van der Waals surface area contributed by atoms with Crippen LogP contribution in [0.3, 0.4) is 0 Å². The molecule has 0 N–H and O–H groups in total. The van der Waals surface area contributed by atoms with Crippen LogP contribution in [-0.4, -0.2) is 31.1 Å². The first-order valence-electron chi connectivity index (χ1n) is 10.6.